The first-order valence-electron chi connectivity index (χ1n) is 10.9. The van der Waals surface area contributed by atoms with Crippen molar-refractivity contribution < 1.29 is 34.0 Å². The van der Waals surface area contributed by atoms with Gasteiger partial charge in [-0.1, -0.05) is 6.58 Å². The third kappa shape index (κ3) is 3.27. The minimum Gasteiger partial charge on any atom is -0.507 e. The number of nitrogens with zero attached hydrogens (tertiary/aromatic N) is 2. The summed E-state index contributed by atoms with van der Waals surface area (Å²) in [5.74, 6) is 1.30. The van der Waals surface area contributed by atoms with Crippen molar-refractivity contribution in [2.24, 2.45) is 5.10 Å². The van der Waals surface area contributed by atoms with E-state index in [4.69, 9.17) is 18.9 Å². The van der Waals surface area contributed by atoms with Gasteiger partial charge in [-0.15, -0.1) is 0 Å². The van der Waals surface area contributed by atoms with Gasteiger partial charge in [0.2, 0.25) is 0 Å². The van der Waals surface area contributed by atoms with Gasteiger partial charge < -0.3 is 29.2 Å². The van der Waals surface area contributed by atoms with Crippen molar-refractivity contribution in [1.29, 1.82) is 0 Å². The summed E-state index contributed by atoms with van der Waals surface area (Å²) >= 11 is 0. The molecule has 1 amide bonds. The number of phenols is 1. The van der Waals surface area contributed by atoms with Crippen molar-refractivity contribution in [3.63, 3.8) is 0 Å². The summed E-state index contributed by atoms with van der Waals surface area (Å²) in [4.78, 5) is 12.5. The number of amides is 1. The summed E-state index contributed by atoms with van der Waals surface area (Å²) in [5, 5.41) is 26.6. The number of aliphatic hydroxyl groups is 1. The molecule has 2 aromatic carbocycles. The first kappa shape index (κ1) is 22.1. The minimum atomic E-state index is -0.691. The van der Waals surface area contributed by atoms with E-state index in [1.54, 1.807) is 38.5 Å². The van der Waals surface area contributed by atoms with E-state index >= 15 is 0 Å². The molecular weight excluding hydrogens is 440 g/mol. The molecule has 0 fully saturated rings. The Kier molecular flexibility index (Phi) is 5.36. The Morgan fingerprint density at radius 1 is 1.24 bits per heavy atom. The summed E-state index contributed by atoms with van der Waals surface area (Å²) in [6.07, 6.45) is 0.290. The Hall–Kier alpha value is -3.72. The standard InChI is InChI=1S/C25H26N2O7/c1-12(2)18-8-15-17(34-18)6-5-13(25(15)30)24-23-14-7-20(31-3)21(32-4)9-19(14)33-11-16(23)27(26-24)22(29)10-28/h5-7,9,16,18,23,28,30H,1,8,10-11H2,2-4H3/t16?,18-,23?/m1/s1. The minimum absolute atomic E-state index is 0.0607. The summed E-state index contributed by atoms with van der Waals surface area (Å²) in [6, 6.07) is 6.60. The fourth-order valence-electron chi connectivity index (χ4n) is 4.84. The molecule has 0 saturated heterocycles. The number of aliphatic hydroxyl groups excluding tert-OH is 1. The van der Waals surface area contributed by atoms with E-state index in [0.717, 1.165) is 11.1 Å². The van der Waals surface area contributed by atoms with E-state index in [2.05, 4.69) is 11.7 Å². The Labute approximate surface area is 196 Å². The van der Waals surface area contributed by atoms with E-state index < -0.39 is 24.5 Å². The quantitative estimate of drug-likeness (QED) is 0.651. The molecule has 3 aliphatic rings. The monoisotopic (exact) mass is 466 g/mol. The van der Waals surface area contributed by atoms with Crippen molar-refractivity contribution in [2.75, 3.05) is 27.4 Å². The predicted molar refractivity (Wildman–Crippen MR) is 123 cm³/mol. The number of methoxy groups -OCH3 is 2. The summed E-state index contributed by atoms with van der Waals surface area (Å²) in [6.45, 7) is 5.33. The lowest BCUT2D eigenvalue weighted by atomic mass is 9.82. The molecule has 34 heavy (non-hydrogen) atoms. The van der Waals surface area contributed by atoms with Crippen molar-refractivity contribution >= 4 is 11.6 Å². The maximum atomic E-state index is 12.5. The topological polar surface area (TPSA) is 110 Å². The van der Waals surface area contributed by atoms with Crippen LogP contribution in [-0.2, 0) is 11.2 Å². The number of rotatable bonds is 5. The largest absolute Gasteiger partial charge is 0.507 e. The van der Waals surface area contributed by atoms with Crippen molar-refractivity contribution in [2.45, 2.75) is 31.4 Å². The molecular formula is C25H26N2O7. The smallest absolute Gasteiger partial charge is 0.268 e. The molecule has 9 heteroatoms. The van der Waals surface area contributed by atoms with Crippen LogP contribution in [0.25, 0.3) is 0 Å². The lowest BCUT2D eigenvalue weighted by molar-refractivity contribution is -0.136. The van der Waals surface area contributed by atoms with Crippen molar-refractivity contribution in [1.82, 2.24) is 5.01 Å². The molecule has 3 aliphatic heterocycles. The molecule has 0 bridgehead atoms. The third-order valence-electron chi connectivity index (χ3n) is 6.58. The zero-order valence-electron chi connectivity index (χ0n) is 19.2. The SMILES string of the molecule is C=C(C)[C@H]1Cc2c(ccc(C3=NN(C(=O)CO)C4COc5cc(OC)c(OC)cc5C34)c2O)O1. The van der Waals surface area contributed by atoms with Gasteiger partial charge >= 0.3 is 0 Å². The Balaban J connectivity index is 1.64. The number of fused-ring (bicyclic) bond motifs is 4. The van der Waals surface area contributed by atoms with Crippen LogP contribution in [0.3, 0.4) is 0 Å². The highest BCUT2D eigenvalue weighted by Gasteiger charge is 2.47. The van der Waals surface area contributed by atoms with Crippen LogP contribution in [0.4, 0.5) is 0 Å². The van der Waals surface area contributed by atoms with E-state index in [1.165, 1.54) is 5.01 Å². The first-order valence-corrected chi connectivity index (χ1v) is 10.9. The van der Waals surface area contributed by atoms with Crippen LogP contribution in [0.1, 0.15) is 29.5 Å². The number of benzene rings is 2. The van der Waals surface area contributed by atoms with Crippen LogP contribution in [-0.4, -0.2) is 66.4 Å². The van der Waals surface area contributed by atoms with Gasteiger partial charge in [-0.25, -0.2) is 5.01 Å². The average molecular weight is 466 g/mol. The number of phenolic OH excluding ortho intramolecular Hbond substituents is 1. The van der Waals surface area contributed by atoms with E-state index in [9.17, 15) is 15.0 Å². The summed E-state index contributed by atoms with van der Waals surface area (Å²) in [5.41, 5.74) is 3.29. The molecule has 178 valence electrons. The van der Waals surface area contributed by atoms with Crippen LogP contribution < -0.4 is 18.9 Å². The van der Waals surface area contributed by atoms with Gasteiger partial charge in [0.1, 0.15) is 42.6 Å². The highest BCUT2D eigenvalue weighted by Crippen LogP contribution is 2.48. The molecule has 2 unspecified atom stereocenters. The highest BCUT2D eigenvalue weighted by molar-refractivity contribution is 6.10. The fourth-order valence-corrected chi connectivity index (χ4v) is 4.84. The Morgan fingerprint density at radius 2 is 1.97 bits per heavy atom. The summed E-state index contributed by atoms with van der Waals surface area (Å²) in [7, 11) is 3.09. The van der Waals surface area contributed by atoms with Gasteiger partial charge in [-0.3, -0.25) is 4.79 Å². The van der Waals surface area contributed by atoms with Crippen LogP contribution in [0.2, 0.25) is 0 Å². The van der Waals surface area contributed by atoms with Gasteiger partial charge in [0, 0.05) is 29.2 Å². The lowest BCUT2D eigenvalue weighted by Crippen LogP contribution is -2.44. The van der Waals surface area contributed by atoms with Gasteiger partial charge in [0.15, 0.2) is 11.5 Å². The maximum Gasteiger partial charge on any atom is 0.268 e. The average Bonchev–Trinajstić information content (AvgIpc) is 3.46. The number of aromatic hydroxyl groups is 1. The van der Waals surface area contributed by atoms with Crippen molar-refractivity contribution in [3.05, 3.63) is 53.1 Å². The van der Waals surface area contributed by atoms with Gasteiger partial charge in [-0.05, 0) is 30.7 Å². The molecule has 0 saturated carbocycles. The maximum absolute atomic E-state index is 12.5. The lowest BCUT2D eigenvalue weighted by Gasteiger charge is -2.33. The summed E-state index contributed by atoms with van der Waals surface area (Å²) < 4.78 is 22.8. The molecule has 9 nitrogen and oxygen atoms in total. The van der Waals surface area contributed by atoms with Gasteiger partial charge in [0.25, 0.3) is 5.91 Å². The number of hydrogen-bond acceptors (Lipinski definition) is 8. The van der Waals surface area contributed by atoms with Crippen LogP contribution in [0.5, 0.6) is 28.7 Å². The molecule has 0 aromatic heterocycles. The molecule has 3 atom stereocenters. The third-order valence-corrected chi connectivity index (χ3v) is 6.58. The normalized spacial score (nSPS) is 22.1. The molecule has 2 N–H and O–H groups in total. The van der Waals surface area contributed by atoms with Crippen molar-refractivity contribution in [3.8, 4) is 28.7 Å². The van der Waals surface area contributed by atoms with E-state index in [-0.39, 0.29) is 18.5 Å². The van der Waals surface area contributed by atoms with E-state index in [0.29, 0.717) is 46.3 Å². The van der Waals surface area contributed by atoms with E-state index in [1.807, 2.05) is 6.92 Å². The second-order valence-corrected chi connectivity index (χ2v) is 8.58. The number of ether oxygens (including phenoxy) is 4. The molecule has 0 spiro atoms. The number of hydrazone groups is 1. The van der Waals surface area contributed by atoms with Crippen LogP contribution in [0, 0.1) is 0 Å². The van der Waals surface area contributed by atoms with Crippen LogP contribution >= 0.6 is 0 Å². The molecule has 0 radical (unpaired) electrons. The Morgan fingerprint density at radius 3 is 2.65 bits per heavy atom. The number of carbonyl (C=O) groups is 1. The predicted octanol–water partition coefficient (Wildman–Crippen LogP) is 2.37. The number of carbonyl (C=O) groups excluding carboxylic acids is 1. The number of hydrogen-bond donors (Lipinski definition) is 2. The van der Waals surface area contributed by atoms with Gasteiger partial charge in [-0.2, -0.15) is 5.10 Å². The Bertz CT molecular complexity index is 1220. The zero-order valence-corrected chi connectivity index (χ0v) is 19.2. The van der Waals surface area contributed by atoms with Gasteiger partial charge in [0.05, 0.1) is 25.8 Å². The fraction of sp³-hybridized carbons (Fsp3) is 0.360. The molecule has 5 rings (SSSR count). The second-order valence-electron chi connectivity index (χ2n) is 8.58. The highest BCUT2D eigenvalue weighted by atomic mass is 16.5. The molecule has 3 heterocycles. The van der Waals surface area contributed by atoms with Crippen LogP contribution in [0.15, 0.2) is 41.5 Å². The molecule has 2 aromatic rings. The molecule has 0 aliphatic carbocycles. The second kappa shape index (κ2) is 8.25. The first-order chi connectivity index (χ1) is 16.4. The zero-order chi connectivity index (χ0) is 24.1.